The zero-order valence-corrected chi connectivity index (χ0v) is 12.9. The summed E-state index contributed by atoms with van der Waals surface area (Å²) in [6.07, 6.45) is 0. The fourth-order valence-corrected chi connectivity index (χ4v) is 2.34. The summed E-state index contributed by atoms with van der Waals surface area (Å²) in [5.74, 6) is 0.362. The number of hydrogen-bond acceptors (Lipinski definition) is 1. The average Bonchev–Trinajstić information content (AvgIpc) is 2.41. The highest BCUT2D eigenvalue weighted by Gasteiger charge is 2.06. The average molecular weight is 364 g/mol. The van der Waals surface area contributed by atoms with Crippen LogP contribution < -0.4 is 4.74 Å². The molecule has 0 radical (unpaired) electrons. The summed E-state index contributed by atoms with van der Waals surface area (Å²) in [5, 5.41) is 1.53. The van der Waals surface area contributed by atoms with Gasteiger partial charge in [-0.15, -0.1) is 0 Å². The van der Waals surface area contributed by atoms with Gasteiger partial charge in [0.15, 0.2) is 0 Å². The Hall–Kier alpha value is -0.770. The van der Waals surface area contributed by atoms with Gasteiger partial charge >= 0.3 is 0 Å². The third kappa shape index (κ3) is 3.85. The Morgan fingerprint density at radius 1 is 1.05 bits per heavy atom. The first-order chi connectivity index (χ1) is 9.10. The molecule has 2 rings (SSSR count). The number of hydrogen-bond donors (Lipinski definition) is 0. The van der Waals surface area contributed by atoms with Crippen LogP contribution in [0.4, 0.5) is 4.39 Å². The minimum atomic E-state index is -0.281. The van der Waals surface area contributed by atoms with Gasteiger partial charge in [-0.3, -0.25) is 0 Å². The molecule has 19 heavy (non-hydrogen) atoms. The van der Waals surface area contributed by atoms with Crippen LogP contribution in [0.25, 0.3) is 0 Å². The minimum absolute atomic E-state index is 0.281. The molecular weight excluding hydrogens is 354 g/mol. The largest absolute Gasteiger partial charge is 0.489 e. The van der Waals surface area contributed by atoms with E-state index in [0.29, 0.717) is 27.7 Å². The van der Waals surface area contributed by atoms with Crippen LogP contribution in [0.2, 0.25) is 10.0 Å². The lowest BCUT2D eigenvalue weighted by Crippen LogP contribution is -1.98. The molecule has 0 saturated heterocycles. The molecule has 0 fully saturated rings. The molecule has 0 saturated carbocycles. The zero-order chi connectivity index (χ0) is 13.8. The van der Waals surface area contributed by atoms with Gasteiger partial charge in [0.1, 0.15) is 18.2 Å². The molecule has 0 aliphatic heterocycles. The number of alkyl halides is 1. The maximum atomic E-state index is 13.1. The van der Waals surface area contributed by atoms with Crippen molar-refractivity contribution in [1.82, 2.24) is 0 Å². The van der Waals surface area contributed by atoms with Crippen molar-refractivity contribution in [2.24, 2.45) is 0 Å². The fourth-order valence-electron chi connectivity index (χ4n) is 1.58. The molecule has 0 aromatic heterocycles. The van der Waals surface area contributed by atoms with Gasteiger partial charge < -0.3 is 4.74 Å². The molecule has 0 heterocycles. The Kier molecular flexibility index (Phi) is 5.08. The molecule has 100 valence electrons. The van der Waals surface area contributed by atoms with Gasteiger partial charge in [0.2, 0.25) is 0 Å². The topological polar surface area (TPSA) is 9.23 Å². The highest BCUT2D eigenvalue weighted by Crippen LogP contribution is 2.25. The SMILES string of the molecule is Fc1ccc(OCc2ccc(Cl)c(Cl)c2)c(CBr)c1. The molecular formula is C14H10BrCl2FO. The molecule has 0 spiro atoms. The lowest BCUT2D eigenvalue weighted by molar-refractivity contribution is 0.303. The zero-order valence-electron chi connectivity index (χ0n) is 9.80. The molecule has 0 bridgehead atoms. The van der Waals surface area contributed by atoms with Gasteiger partial charge in [-0.1, -0.05) is 45.2 Å². The first-order valence-electron chi connectivity index (χ1n) is 5.51. The van der Waals surface area contributed by atoms with Crippen LogP contribution in [-0.2, 0) is 11.9 Å². The molecule has 0 aliphatic rings. The molecule has 5 heteroatoms. The third-order valence-corrected chi connectivity index (χ3v) is 3.89. The Morgan fingerprint density at radius 2 is 1.84 bits per heavy atom. The fraction of sp³-hybridized carbons (Fsp3) is 0.143. The van der Waals surface area contributed by atoms with E-state index < -0.39 is 0 Å². The van der Waals surface area contributed by atoms with Crippen molar-refractivity contribution >= 4 is 39.1 Å². The second-order valence-corrected chi connectivity index (χ2v) is 5.30. The molecule has 0 amide bonds. The maximum absolute atomic E-state index is 13.1. The number of rotatable bonds is 4. The second-order valence-electron chi connectivity index (χ2n) is 3.92. The predicted octanol–water partition coefficient (Wildman–Crippen LogP) is 5.61. The molecule has 0 aliphatic carbocycles. The molecule has 0 atom stereocenters. The predicted molar refractivity (Wildman–Crippen MR) is 79.8 cm³/mol. The van der Waals surface area contributed by atoms with E-state index in [2.05, 4.69) is 15.9 Å². The van der Waals surface area contributed by atoms with Crippen LogP contribution in [0.1, 0.15) is 11.1 Å². The summed E-state index contributed by atoms with van der Waals surface area (Å²) in [4.78, 5) is 0. The smallest absolute Gasteiger partial charge is 0.124 e. The second kappa shape index (κ2) is 6.60. The van der Waals surface area contributed by atoms with Crippen LogP contribution in [0.5, 0.6) is 5.75 Å². The maximum Gasteiger partial charge on any atom is 0.124 e. The van der Waals surface area contributed by atoms with E-state index in [1.807, 2.05) is 6.07 Å². The van der Waals surface area contributed by atoms with Crippen LogP contribution in [0.3, 0.4) is 0 Å². The summed E-state index contributed by atoms with van der Waals surface area (Å²) >= 11 is 15.1. The van der Waals surface area contributed by atoms with E-state index in [4.69, 9.17) is 27.9 Å². The quantitative estimate of drug-likeness (QED) is 0.642. The first kappa shape index (κ1) is 14.6. The van der Waals surface area contributed by atoms with Gasteiger partial charge in [0, 0.05) is 10.9 Å². The van der Waals surface area contributed by atoms with E-state index in [0.717, 1.165) is 11.1 Å². The van der Waals surface area contributed by atoms with Crippen LogP contribution in [-0.4, -0.2) is 0 Å². The Labute approximate surface area is 129 Å². The van der Waals surface area contributed by atoms with Gasteiger partial charge in [-0.05, 0) is 35.9 Å². The monoisotopic (exact) mass is 362 g/mol. The van der Waals surface area contributed by atoms with Crippen LogP contribution >= 0.6 is 39.1 Å². The van der Waals surface area contributed by atoms with Crippen molar-refractivity contribution < 1.29 is 9.13 Å². The molecule has 1 nitrogen and oxygen atoms in total. The van der Waals surface area contributed by atoms with Crippen LogP contribution in [0, 0.1) is 5.82 Å². The van der Waals surface area contributed by atoms with Gasteiger partial charge in [0.05, 0.1) is 10.0 Å². The molecule has 0 N–H and O–H groups in total. The molecule has 2 aromatic rings. The van der Waals surface area contributed by atoms with Crippen molar-refractivity contribution in [2.75, 3.05) is 0 Å². The summed E-state index contributed by atoms with van der Waals surface area (Å²) in [7, 11) is 0. The van der Waals surface area contributed by atoms with E-state index in [1.54, 1.807) is 18.2 Å². The first-order valence-corrected chi connectivity index (χ1v) is 7.39. The van der Waals surface area contributed by atoms with Crippen molar-refractivity contribution in [3.05, 3.63) is 63.4 Å². The van der Waals surface area contributed by atoms with Crippen molar-refractivity contribution in [2.45, 2.75) is 11.9 Å². The van der Waals surface area contributed by atoms with Gasteiger partial charge in [0.25, 0.3) is 0 Å². The van der Waals surface area contributed by atoms with E-state index in [1.165, 1.54) is 12.1 Å². The summed E-state index contributed by atoms with van der Waals surface area (Å²) in [6.45, 7) is 0.350. The minimum Gasteiger partial charge on any atom is -0.489 e. The number of ether oxygens (including phenoxy) is 1. The van der Waals surface area contributed by atoms with Crippen LogP contribution in [0.15, 0.2) is 36.4 Å². The number of benzene rings is 2. The Balaban J connectivity index is 2.12. The Morgan fingerprint density at radius 3 is 2.53 bits per heavy atom. The van der Waals surface area contributed by atoms with Crippen molar-refractivity contribution in [3.8, 4) is 5.75 Å². The highest BCUT2D eigenvalue weighted by molar-refractivity contribution is 9.08. The lowest BCUT2D eigenvalue weighted by atomic mass is 10.2. The summed E-state index contributed by atoms with van der Waals surface area (Å²) in [5.41, 5.74) is 1.67. The summed E-state index contributed by atoms with van der Waals surface area (Å²) in [6, 6.07) is 9.74. The van der Waals surface area contributed by atoms with E-state index >= 15 is 0 Å². The summed E-state index contributed by atoms with van der Waals surface area (Å²) < 4.78 is 18.8. The van der Waals surface area contributed by atoms with Gasteiger partial charge in [-0.25, -0.2) is 4.39 Å². The normalized spacial score (nSPS) is 10.5. The third-order valence-electron chi connectivity index (χ3n) is 2.54. The molecule has 0 unspecified atom stereocenters. The van der Waals surface area contributed by atoms with Gasteiger partial charge in [-0.2, -0.15) is 0 Å². The standard InChI is InChI=1S/C14H10BrCl2FO/c15-7-10-6-11(18)2-4-14(10)19-8-9-1-3-12(16)13(17)5-9/h1-6H,7-8H2. The highest BCUT2D eigenvalue weighted by atomic mass is 79.9. The van der Waals surface area contributed by atoms with Crippen molar-refractivity contribution in [3.63, 3.8) is 0 Å². The van der Waals surface area contributed by atoms with E-state index in [9.17, 15) is 4.39 Å². The molecule has 2 aromatic carbocycles. The lowest BCUT2D eigenvalue weighted by Gasteiger charge is -2.10. The van der Waals surface area contributed by atoms with E-state index in [-0.39, 0.29) is 5.82 Å². The van der Waals surface area contributed by atoms with Crippen molar-refractivity contribution in [1.29, 1.82) is 0 Å². The number of halogens is 4. The Bertz CT molecular complexity index is 590.